The van der Waals surface area contributed by atoms with E-state index in [4.69, 9.17) is 14.5 Å². The summed E-state index contributed by atoms with van der Waals surface area (Å²) in [5, 5.41) is 6.26. The third kappa shape index (κ3) is 6.57. The van der Waals surface area contributed by atoms with Gasteiger partial charge < -0.3 is 20.1 Å². The van der Waals surface area contributed by atoms with Crippen LogP contribution in [0.25, 0.3) is 22.2 Å². The Morgan fingerprint density at radius 2 is 1.93 bits per heavy atom. The van der Waals surface area contributed by atoms with Crippen LogP contribution < -0.4 is 24.8 Å². The van der Waals surface area contributed by atoms with E-state index >= 15 is 0 Å². The summed E-state index contributed by atoms with van der Waals surface area (Å²) in [5.41, 5.74) is 0.973. The fraction of sp³-hybridized carbons (Fsp3) is 0.387. The van der Waals surface area contributed by atoms with Crippen LogP contribution in [0.5, 0.6) is 11.5 Å². The van der Waals surface area contributed by atoms with Crippen molar-refractivity contribution in [2.24, 2.45) is 0 Å². The summed E-state index contributed by atoms with van der Waals surface area (Å²) in [5.74, 6) is 0.164. The highest BCUT2D eigenvalue weighted by Gasteiger charge is 2.43. The summed E-state index contributed by atoms with van der Waals surface area (Å²) in [6.07, 6.45) is 3.32. The van der Waals surface area contributed by atoms with Crippen LogP contribution in [0.3, 0.4) is 0 Å². The van der Waals surface area contributed by atoms with Crippen LogP contribution in [-0.2, 0) is 19.6 Å². The third-order valence-corrected chi connectivity index (χ3v) is 9.52. The zero-order valence-corrected chi connectivity index (χ0v) is 24.6. The van der Waals surface area contributed by atoms with Crippen LogP contribution in [0.2, 0.25) is 0 Å². The van der Waals surface area contributed by atoms with Gasteiger partial charge in [-0.1, -0.05) is 36.4 Å². The van der Waals surface area contributed by atoms with E-state index in [-0.39, 0.29) is 12.5 Å². The molecule has 2 aromatic carbocycles. The summed E-state index contributed by atoms with van der Waals surface area (Å²) < 4.78 is 38.9. The lowest BCUT2D eigenvalue weighted by molar-refractivity contribution is -0.133. The molecule has 10 nitrogen and oxygen atoms in total. The van der Waals surface area contributed by atoms with Crippen LogP contribution in [0, 0.1) is 0 Å². The number of fused-ring (bicyclic) bond motifs is 1. The van der Waals surface area contributed by atoms with Gasteiger partial charge in [0.05, 0.1) is 29.6 Å². The maximum Gasteiger partial charge on any atom is 0.258 e. The average Bonchev–Trinajstić information content (AvgIpc) is 3.75. The predicted octanol–water partition coefficient (Wildman–Crippen LogP) is 3.47. The molecule has 1 aliphatic heterocycles. The highest BCUT2D eigenvalue weighted by Crippen LogP contribution is 2.34. The topological polar surface area (TPSA) is 136 Å². The molecule has 2 aliphatic rings. The number of nitrogens with zero attached hydrogens (tertiary/aromatic N) is 1. The van der Waals surface area contributed by atoms with Crippen molar-refractivity contribution in [3.63, 3.8) is 0 Å². The molecule has 3 N–H and O–H groups in total. The van der Waals surface area contributed by atoms with Crippen molar-refractivity contribution < 1.29 is 27.5 Å². The summed E-state index contributed by atoms with van der Waals surface area (Å²) in [6.45, 7) is 5.64. The van der Waals surface area contributed by atoms with Crippen molar-refractivity contribution in [2.75, 3.05) is 13.7 Å². The van der Waals surface area contributed by atoms with Gasteiger partial charge in [0.25, 0.3) is 5.91 Å². The van der Waals surface area contributed by atoms with Gasteiger partial charge in [0, 0.05) is 36.0 Å². The van der Waals surface area contributed by atoms with E-state index in [0.29, 0.717) is 43.7 Å². The van der Waals surface area contributed by atoms with E-state index in [1.54, 1.807) is 13.2 Å². The summed E-state index contributed by atoms with van der Waals surface area (Å²) in [6, 6.07) is 16.7. The lowest BCUT2D eigenvalue weighted by atomic mass is 9.94. The Morgan fingerprint density at radius 3 is 2.62 bits per heavy atom. The molecule has 1 saturated carbocycles. The van der Waals surface area contributed by atoms with Gasteiger partial charge in [-0.2, -0.15) is 0 Å². The monoisotopic (exact) mass is 592 g/mol. The number of amides is 2. The van der Waals surface area contributed by atoms with Crippen molar-refractivity contribution in [1.29, 1.82) is 0 Å². The number of pyridine rings is 1. The second-order valence-electron chi connectivity index (χ2n) is 11.0. The van der Waals surface area contributed by atoms with Crippen molar-refractivity contribution in [3.8, 4) is 22.8 Å². The second kappa shape index (κ2) is 12.1. The van der Waals surface area contributed by atoms with Crippen LogP contribution in [-0.4, -0.2) is 61.8 Å². The number of allylic oxidation sites excluding steroid dienone is 1. The van der Waals surface area contributed by atoms with Gasteiger partial charge >= 0.3 is 0 Å². The van der Waals surface area contributed by atoms with Crippen molar-refractivity contribution in [3.05, 3.63) is 67.3 Å². The van der Waals surface area contributed by atoms with Gasteiger partial charge in [0.1, 0.15) is 23.1 Å². The first kappa shape index (κ1) is 29.5. The molecule has 0 bridgehead atoms. The average molecular weight is 593 g/mol. The molecule has 222 valence electrons. The molecule has 11 heteroatoms. The molecule has 1 aromatic heterocycles. The molecule has 3 atom stereocenters. The van der Waals surface area contributed by atoms with E-state index in [9.17, 15) is 18.0 Å². The number of rotatable bonds is 12. The molecule has 1 aliphatic carbocycles. The lowest BCUT2D eigenvalue weighted by Crippen LogP contribution is -2.60. The van der Waals surface area contributed by atoms with E-state index in [1.807, 2.05) is 54.6 Å². The Kier molecular flexibility index (Phi) is 8.51. The fourth-order valence-electron chi connectivity index (χ4n) is 5.02. The van der Waals surface area contributed by atoms with Crippen LogP contribution in [0.1, 0.15) is 39.0 Å². The molecule has 5 rings (SSSR count). The maximum absolute atomic E-state index is 13.4. The normalized spacial score (nSPS) is 20.0. The van der Waals surface area contributed by atoms with Crippen LogP contribution >= 0.6 is 0 Å². The van der Waals surface area contributed by atoms with E-state index in [0.717, 1.165) is 22.2 Å². The Balaban J connectivity index is 1.31. The Bertz CT molecular complexity index is 1590. The van der Waals surface area contributed by atoms with Gasteiger partial charge in [0.2, 0.25) is 15.9 Å². The SMILES string of the molecule is C=CCC[C@](C)(NC(=O)C1C[C@@H](Oc2cc(-c3ccccc3)nc3cc(OC)ccc23)CN1)C(=O)NS(=O)(=O)C1CC1. The van der Waals surface area contributed by atoms with Gasteiger partial charge in [-0.05, 0) is 44.7 Å². The zero-order valence-electron chi connectivity index (χ0n) is 23.8. The highest BCUT2D eigenvalue weighted by atomic mass is 32.2. The quantitative estimate of drug-likeness (QED) is 0.272. The van der Waals surface area contributed by atoms with Crippen molar-refractivity contribution >= 4 is 32.7 Å². The number of hydrogen-bond acceptors (Lipinski definition) is 8. The number of carbonyl (C=O) groups excluding carboxylic acids is 2. The zero-order chi connectivity index (χ0) is 29.9. The number of carbonyl (C=O) groups is 2. The number of sulfonamides is 1. The number of hydrogen-bond donors (Lipinski definition) is 3. The molecule has 0 spiro atoms. The Labute approximate surface area is 245 Å². The molecule has 2 amide bonds. The number of nitrogens with one attached hydrogen (secondary N) is 3. The lowest BCUT2D eigenvalue weighted by Gasteiger charge is -2.30. The molecule has 1 saturated heterocycles. The second-order valence-corrected chi connectivity index (χ2v) is 13.0. The smallest absolute Gasteiger partial charge is 0.258 e. The van der Waals surface area contributed by atoms with E-state index < -0.39 is 38.7 Å². The van der Waals surface area contributed by atoms with Gasteiger partial charge in [-0.25, -0.2) is 13.4 Å². The van der Waals surface area contributed by atoms with Crippen molar-refractivity contribution in [1.82, 2.24) is 20.3 Å². The first-order valence-electron chi connectivity index (χ1n) is 14.0. The molecular weight excluding hydrogens is 556 g/mol. The Morgan fingerprint density at radius 1 is 1.17 bits per heavy atom. The molecule has 1 unspecified atom stereocenters. The minimum Gasteiger partial charge on any atom is -0.497 e. The molecule has 42 heavy (non-hydrogen) atoms. The Hall–Kier alpha value is -3.96. The number of benzene rings is 2. The molecular formula is C31H36N4O6S. The summed E-state index contributed by atoms with van der Waals surface area (Å²) in [4.78, 5) is 31.3. The summed E-state index contributed by atoms with van der Waals surface area (Å²) >= 11 is 0. The molecule has 2 heterocycles. The van der Waals surface area contributed by atoms with Gasteiger partial charge in [0.15, 0.2) is 0 Å². The van der Waals surface area contributed by atoms with E-state index in [2.05, 4.69) is 21.9 Å². The van der Waals surface area contributed by atoms with Crippen LogP contribution in [0.4, 0.5) is 0 Å². The minimum absolute atomic E-state index is 0.204. The highest BCUT2D eigenvalue weighted by molar-refractivity contribution is 7.90. The fourth-order valence-corrected chi connectivity index (χ4v) is 6.42. The largest absolute Gasteiger partial charge is 0.497 e. The predicted molar refractivity (Wildman–Crippen MR) is 161 cm³/mol. The van der Waals surface area contributed by atoms with Gasteiger partial charge in [-0.15, -0.1) is 6.58 Å². The molecule has 0 radical (unpaired) electrons. The molecule has 2 fully saturated rings. The molecule has 3 aromatic rings. The first-order chi connectivity index (χ1) is 20.1. The van der Waals surface area contributed by atoms with Crippen molar-refractivity contribution in [2.45, 2.75) is 62.0 Å². The third-order valence-electron chi connectivity index (χ3n) is 7.70. The minimum atomic E-state index is -3.76. The number of aromatic nitrogens is 1. The van der Waals surface area contributed by atoms with Gasteiger partial charge in [-0.3, -0.25) is 14.3 Å². The first-order valence-corrected chi connectivity index (χ1v) is 15.6. The standard InChI is InChI=1S/C31H36N4O6S/c1-4-5-15-31(2,30(37)35-42(38,39)23-12-13-23)34-29(36)27-17-22(19-32-27)41-28-18-25(20-9-7-6-8-10-20)33-26-16-21(40-3)11-14-24(26)28/h4,6-11,14,16,18,22-23,27,32H,1,5,12-13,15,17,19H2,2-3H3,(H,34,36)(H,35,37)/t22-,27?,31+/m1/s1. The summed E-state index contributed by atoms with van der Waals surface area (Å²) in [7, 11) is -2.16. The van der Waals surface area contributed by atoms with E-state index in [1.165, 1.54) is 6.92 Å². The number of ether oxygens (including phenoxy) is 2. The number of methoxy groups -OCH3 is 1. The maximum atomic E-state index is 13.4. The van der Waals surface area contributed by atoms with Crippen LogP contribution in [0.15, 0.2) is 67.3 Å².